The number of imide groups is 1. The van der Waals surface area contributed by atoms with Crippen molar-refractivity contribution in [2.24, 2.45) is 0 Å². The molecule has 2 aromatic rings. The number of carbonyl (C=O) groups is 2. The van der Waals surface area contributed by atoms with Gasteiger partial charge in [-0.1, -0.05) is 12.1 Å². The SMILES string of the molecule is Cc1cnc(CN2C(=O)c3ccccc3C2=O)nc1. The van der Waals surface area contributed by atoms with Crippen LogP contribution in [-0.4, -0.2) is 26.7 Å². The fourth-order valence-corrected chi connectivity index (χ4v) is 2.03. The molecule has 5 nitrogen and oxygen atoms in total. The van der Waals surface area contributed by atoms with Crippen LogP contribution in [0.3, 0.4) is 0 Å². The lowest BCUT2D eigenvalue weighted by molar-refractivity contribution is 0.0638. The molecule has 1 aromatic heterocycles. The summed E-state index contributed by atoms with van der Waals surface area (Å²) < 4.78 is 0. The molecular weight excluding hydrogens is 242 g/mol. The Morgan fingerprint density at radius 3 is 2.05 bits per heavy atom. The first kappa shape index (κ1) is 11.5. The average molecular weight is 253 g/mol. The first-order valence-electron chi connectivity index (χ1n) is 5.89. The van der Waals surface area contributed by atoms with Gasteiger partial charge >= 0.3 is 0 Å². The minimum Gasteiger partial charge on any atom is -0.269 e. The number of benzene rings is 1. The van der Waals surface area contributed by atoms with Crippen molar-refractivity contribution in [2.45, 2.75) is 13.5 Å². The second-order valence-electron chi connectivity index (χ2n) is 4.42. The van der Waals surface area contributed by atoms with E-state index in [1.165, 1.54) is 4.90 Å². The molecule has 0 N–H and O–H groups in total. The Labute approximate surface area is 109 Å². The van der Waals surface area contributed by atoms with Crippen LogP contribution in [0.4, 0.5) is 0 Å². The number of carbonyl (C=O) groups excluding carboxylic acids is 2. The van der Waals surface area contributed by atoms with E-state index in [9.17, 15) is 9.59 Å². The molecule has 2 heterocycles. The topological polar surface area (TPSA) is 63.2 Å². The van der Waals surface area contributed by atoms with Gasteiger partial charge in [-0.25, -0.2) is 9.97 Å². The number of aryl methyl sites for hydroxylation is 1. The van der Waals surface area contributed by atoms with Crippen LogP contribution < -0.4 is 0 Å². The largest absolute Gasteiger partial charge is 0.269 e. The number of amides is 2. The minimum absolute atomic E-state index is 0.104. The van der Waals surface area contributed by atoms with Crippen molar-refractivity contribution in [1.82, 2.24) is 14.9 Å². The third-order valence-corrected chi connectivity index (χ3v) is 3.01. The van der Waals surface area contributed by atoms with Gasteiger partial charge in [-0.3, -0.25) is 14.5 Å². The van der Waals surface area contributed by atoms with Gasteiger partial charge in [0.25, 0.3) is 11.8 Å². The molecule has 1 aliphatic heterocycles. The molecule has 0 fully saturated rings. The van der Waals surface area contributed by atoms with Crippen molar-refractivity contribution in [2.75, 3.05) is 0 Å². The van der Waals surface area contributed by atoms with E-state index in [4.69, 9.17) is 0 Å². The molecule has 0 radical (unpaired) electrons. The molecule has 0 atom stereocenters. The lowest BCUT2D eigenvalue weighted by Crippen LogP contribution is -2.29. The van der Waals surface area contributed by atoms with Crippen molar-refractivity contribution in [3.63, 3.8) is 0 Å². The highest BCUT2D eigenvalue weighted by molar-refractivity contribution is 6.21. The molecule has 0 saturated carbocycles. The van der Waals surface area contributed by atoms with E-state index in [1.807, 2.05) is 6.92 Å². The van der Waals surface area contributed by atoms with Gasteiger partial charge in [-0.15, -0.1) is 0 Å². The van der Waals surface area contributed by atoms with Crippen LogP contribution in [0.25, 0.3) is 0 Å². The monoisotopic (exact) mass is 253 g/mol. The van der Waals surface area contributed by atoms with E-state index >= 15 is 0 Å². The smallest absolute Gasteiger partial charge is 0.261 e. The standard InChI is InChI=1S/C14H11N3O2/c1-9-6-15-12(16-7-9)8-17-13(18)10-4-2-3-5-11(10)14(17)19/h2-7H,8H2,1H3. The number of rotatable bonds is 2. The molecule has 0 saturated heterocycles. The second kappa shape index (κ2) is 4.28. The Morgan fingerprint density at radius 2 is 1.53 bits per heavy atom. The summed E-state index contributed by atoms with van der Waals surface area (Å²) in [7, 11) is 0. The van der Waals surface area contributed by atoms with E-state index in [0.29, 0.717) is 17.0 Å². The minimum atomic E-state index is -0.287. The quantitative estimate of drug-likeness (QED) is 0.762. The molecule has 5 heteroatoms. The maximum absolute atomic E-state index is 12.1. The lowest BCUT2D eigenvalue weighted by Gasteiger charge is -2.12. The average Bonchev–Trinajstić information content (AvgIpc) is 2.67. The Kier molecular flexibility index (Phi) is 2.59. The zero-order valence-electron chi connectivity index (χ0n) is 10.3. The summed E-state index contributed by atoms with van der Waals surface area (Å²) in [6.07, 6.45) is 3.33. The number of aromatic nitrogens is 2. The first-order valence-corrected chi connectivity index (χ1v) is 5.89. The van der Waals surface area contributed by atoms with Gasteiger partial charge in [0.2, 0.25) is 0 Å². The predicted molar refractivity (Wildman–Crippen MR) is 67.4 cm³/mol. The molecule has 0 bridgehead atoms. The summed E-state index contributed by atoms with van der Waals surface area (Å²) in [4.78, 5) is 33.7. The second-order valence-corrected chi connectivity index (χ2v) is 4.42. The maximum atomic E-state index is 12.1. The summed E-state index contributed by atoms with van der Waals surface area (Å²) >= 11 is 0. The van der Waals surface area contributed by atoms with E-state index in [0.717, 1.165) is 5.56 Å². The van der Waals surface area contributed by atoms with Gasteiger partial charge in [0.05, 0.1) is 17.7 Å². The number of nitrogens with zero attached hydrogens (tertiary/aromatic N) is 3. The van der Waals surface area contributed by atoms with Crippen LogP contribution in [0.15, 0.2) is 36.7 Å². The fourth-order valence-electron chi connectivity index (χ4n) is 2.03. The molecule has 1 aromatic carbocycles. The van der Waals surface area contributed by atoms with Gasteiger partial charge in [0.15, 0.2) is 0 Å². The zero-order valence-corrected chi connectivity index (χ0v) is 10.3. The summed E-state index contributed by atoms with van der Waals surface area (Å²) in [5, 5.41) is 0. The molecule has 3 rings (SSSR count). The van der Waals surface area contributed by atoms with Crippen LogP contribution in [0.2, 0.25) is 0 Å². The highest BCUT2D eigenvalue weighted by Gasteiger charge is 2.35. The number of fused-ring (bicyclic) bond motifs is 1. The van der Waals surface area contributed by atoms with Crippen LogP contribution in [0.5, 0.6) is 0 Å². The molecule has 0 unspecified atom stereocenters. The molecule has 1 aliphatic rings. The molecule has 94 valence electrons. The fraction of sp³-hybridized carbons (Fsp3) is 0.143. The first-order chi connectivity index (χ1) is 9.16. The highest BCUT2D eigenvalue weighted by atomic mass is 16.2. The van der Waals surface area contributed by atoms with Crippen LogP contribution in [0, 0.1) is 6.92 Å². The normalized spacial score (nSPS) is 13.8. The van der Waals surface area contributed by atoms with Crippen LogP contribution >= 0.6 is 0 Å². The third kappa shape index (κ3) is 1.89. The Bertz CT molecular complexity index is 630. The van der Waals surface area contributed by atoms with Gasteiger partial charge in [0.1, 0.15) is 5.82 Å². The van der Waals surface area contributed by atoms with E-state index in [2.05, 4.69) is 9.97 Å². The Hall–Kier alpha value is -2.56. The van der Waals surface area contributed by atoms with Crippen LogP contribution in [-0.2, 0) is 6.54 Å². The summed E-state index contributed by atoms with van der Waals surface area (Å²) in [6.45, 7) is 1.98. The molecule has 0 aliphatic carbocycles. The van der Waals surface area contributed by atoms with Crippen molar-refractivity contribution >= 4 is 11.8 Å². The zero-order chi connectivity index (χ0) is 13.4. The molecule has 19 heavy (non-hydrogen) atoms. The summed E-state index contributed by atoms with van der Waals surface area (Å²) in [5.74, 6) is -0.116. The summed E-state index contributed by atoms with van der Waals surface area (Å²) in [6, 6.07) is 6.81. The number of hydrogen-bond acceptors (Lipinski definition) is 4. The number of hydrogen-bond donors (Lipinski definition) is 0. The lowest BCUT2D eigenvalue weighted by atomic mass is 10.1. The van der Waals surface area contributed by atoms with Gasteiger partial charge in [0, 0.05) is 12.4 Å². The Morgan fingerprint density at radius 1 is 1.00 bits per heavy atom. The van der Waals surface area contributed by atoms with Gasteiger partial charge in [-0.05, 0) is 24.6 Å². The van der Waals surface area contributed by atoms with Crippen molar-refractivity contribution < 1.29 is 9.59 Å². The van der Waals surface area contributed by atoms with E-state index in [-0.39, 0.29) is 18.4 Å². The molecule has 2 amide bonds. The molecular formula is C14H11N3O2. The van der Waals surface area contributed by atoms with E-state index < -0.39 is 0 Å². The van der Waals surface area contributed by atoms with Gasteiger partial charge < -0.3 is 0 Å². The predicted octanol–water partition coefficient (Wildman–Crippen LogP) is 1.58. The molecule has 0 spiro atoms. The van der Waals surface area contributed by atoms with Crippen molar-refractivity contribution in [1.29, 1.82) is 0 Å². The van der Waals surface area contributed by atoms with Crippen LogP contribution in [0.1, 0.15) is 32.1 Å². The Balaban J connectivity index is 1.90. The third-order valence-electron chi connectivity index (χ3n) is 3.01. The van der Waals surface area contributed by atoms with Crippen molar-refractivity contribution in [3.05, 3.63) is 59.2 Å². The summed E-state index contributed by atoms with van der Waals surface area (Å²) in [5.41, 5.74) is 1.82. The maximum Gasteiger partial charge on any atom is 0.261 e. The van der Waals surface area contributed by atoms with Gasteiger partial charge in [-0.2, -0.15) is 0 Å². The van der Waals surface area contributed by atoms with E-state index in [1.54, 1.807) is 36.7 Å². The highest BCUT2D eigenvalue weighted by Crippen LogP contribution is 2.23. The van der Waals surface area contributed by atoms with Crippen molar-refractivity contribution in [3.8, 4) is 0 Å².